The van der Waals surface area contributed by atoms with E-state index in [-0.39, 0.29) is 0 Å². The van der Waals surface area contributed by atoms with E-state index in [1.54, 1.807) is 6.08 Å². The van der Waals surface area contributed by atoms with E-state index in [9.17, 15) is 0 Å². The molecule has 0 rings (SSSR count). The molecule has 0 bridgehead atoms. The number of unbranched alkanes of at least 4 members (excludes halogenated alkanes) is 12. The lowest BCUT2D eigenvalue weighted by atomic mass is 10.0. The van der Waals surface area contributed by atoms with Crippen molar-refractivity contribution < 1.29 is 0 Å². The van der Waals surface area contributed by atoms with E-state index in [1.165, 1.54) is 70.6 Å². The summed E-state index contributed by atoms with van der Waals surface area (Å²) in [5, 5.41) is 0. The Kier molecular flexibility index (Phi) is 14.5. The largest absolute Gasteiger partial charge is 0.0845 e. The maximum absolute atomic E-state index is 5.33. The van der Waals surface area contributed by atoms with Crippen LogP contribution in [-0.4, -0.2) is 0 Å². The maximum atomic E-state index is 5.33. The first-order valence-corrected chi connectivity index (χ1v) is 7.24. The second-order valence-corrected chi connectivity index (χ2v) is 4.77. The van der Waals surface area contributed by atoms with E-state index in [4.69, 9.17) is 6.58 Å². The van der Waals surface area contributed by atoms with Gasteiger partial charge in [0.25, 0.3) is 0 Å². The van der Waals surface area contributed by atoms with Crippen LogP contribution in [0.2, 0.25) is 0 Å². The second kappa shape index (κ2) is 14.7. The molecule has 0 aliphatic carbocycles. The number of hydrogen-bond acceptors (Lipinski definition) is 0. The van der Waals surface area contributed by atoms with Crippen LogP contribution in [-0.2, 0) is 0 Å². The summed E-state index contributed by atoms with van der Waals surface area (Å²) < 4.78 is 0. The minimum absolute atomic E-state index is 1.09. The summed E-state index contributed by atoms with van der Waals surface area (Å²) >= 11 is 0. The van der Waals surface area contributed by atoms with Crippen molar-refractivity contribution in [1.82, 2.24) is 0 Å². The third-order valence-corrected chi connectivity index (χ3v) is 3.12. The van der Waals surface area contributed by atoms with Crippen molar-refractivity contribution >= 4 is 0 Å². The van der Waals surface area contributed by atoms with Crippen molar-refractivity contribution in [3.05, 3.63) is 19.6 Å². The van der Waals surface area contributed by atoms with Gasteiger partial charge in [0.05, 0.1) is 0 Å². The standard InChI is InChI=1S/C16H30/c1-3-5-7-9-11-13-15-16-14-12-10-8-6-4-2/h1,3H,2,4-16H2. The molecule has 0 saturated carbocycles. The summed E-state index contributed by atoms with van der Waals surface area (Å²) in [6, 6.07) is 0. The molecule has 2 radical (unpaired) electrons. The SMILES string of the molecule is [CH]=CCCCCCCCCCCCCC[CH2]. The van der Waals surface area contributed by atoms with Crippen LogP contribution in [0, 0.1) is 13.5 Å². The fourth-order valence-electron chi connectivity index (χ4n) is 2.03. The lowest BCUT2D eigenvalue weighted by Crippen LogP contribution is -1.82. The van der Waals surface area contributed by atoms with Crippen molar-refractivity contribution in [1.29, 1.82) is 0 Å². The summed E-state index contributed by atoms with van der Waals surface area (Å²) in [6.45, 7) is 9.19. The van der Waals surface area contributed by atoms with Gasteiger partial charge < -0.3 is 0 Å². The van der Waals surface area contributed by atoms with Crippen molar-refractivity contribution in [2.45, 2.75) is 83.5 Å². The van der Waals surface area contributed by atoms with E-state index in [1.807, 2.05) is 0 Å². The van der Waals surface area contributed by atoms with Gasteiger partial charge in [-0.1, -0.05) is 90.2 Å². The Labute approximate surface area is 104 Å². The van der Waals surface area contributed by atoms with Gasteiger partial charge in [0.2, 0.25) is 0 Å². The third kappa shape index (κ3) is 13.7. The molecular formula is C16H30. The zero-order valence-electron chi connectivity index (χ0n) is 11.1. The molecule has 0 aromatic carbocycles. The first-order valence-electron chi connectivity index (χ1n) is 7.24. The zero-order chi connectivity index (χ0) is 11.9. The molecule has 0 spiro atoms. The highest BCUT2D eigenvalue weighted by Gasteiger charge is 1.92. The van der Waals surface area contributed by atoms with Crippen LogP contribution < -0.4 is 0 Å². The molecule has 0 N–H and O–H groups in total. The molecule has 0 aromatic rings. The molecule has 16 heavy (non-hydrogen) atoms. The molecule has 0 fully saturated rings. The molecule has 0 nitrogen and oxygen atoms in total. The zero-order valence-corrected chi connectivity index (χ0v) is 11.1. The average Bonchev–Trinajstić information content (AvgIpc) is 2.31. The van der Waals surface area contributed by atoms with Crippen molar-refractivity contribution in [3.8, 4) is 0 Å². The van der Waals surface area contributed by atoms with Crippen molar-refractivity contribution in [2.24, 2.45) is 0 Å². The minimum atomic E-state index is 1.09. The van der Waals surface area contributed by atoms with Crippen LogP contribution >= 0.6 is 0 Å². The van der Waals surface area contributed by atoms with Crippen LogP contribution in [0.1, 0.15) is 83.5 Å². The van der Waals surface area contributed by atoms with E-state index >= 15 is 0 Å². The van der Waals surface area contributed by atoms with Crippen molar-refractivity contribution in [2.75, 3.05) is 0 Å². The van der Waals surface area contributed by atoms with Crippen LogP contribution in [0.15, 0.2) is 6.08 Å². The lowest BCUT2D eigenvalue weighted by Gasteiger charge is -2.02. The van der Waals surface area contributed by atoms with Crippen molar-refractivity contribution in [3.63, 3.8) is 0 Å². The van der Waals surface area contributed by atoms with Gasteiger partial charge in [0.15, 0.2) is 0 Å². The summed E-state index contributed by atoms with van der Waals surface area (Å²) in [4.78, 5) is 0. The molecule has 0 amide bonds. The molecule has 0 unspecified atom stereocenters. The lowest BCUT2D eigenvalue weighted by molar-refractivity contribution is 0.547. The molecule has 0 aromatic heterocycles. The quantitative estimate of drug-likeness (QED) is 0.341. The van der Waals surface area contributed by atoms with E-state index in [0.29, 0.717) is 0 Å². The van der Waals surface area contributed by atoms with Crippen LogP contribution in [0.4, 0.5) is 0 Å². The molecule has 0 heteroatoms. The molecule has 94 valence electrons. The first kappa shape index (κ1) is 15.7. The maximum Gasteiger partial charge on any atom is -0.0348 e. The summed E-state index contributed by atoms with van der Waals surface area (Å²) in [7, 11) is 0. The number of rotatable bonds is 13. The Bertz CT molecular complexity index is 126. The average molecular weight is 222 g/mol. The Balaban J connectivity index is 2.85. The summed E-state index contributed by atoms with van der Waals surface area (Å²) in [5.41, 5.74) is 0. The molecule has 0 atom stereocenters. The molecule has 0 heterocycles. The predicted molar refractivity (Wildman–Crippen MR) is 74.2 cm³/mol. The fourth-order valence-corrected chi connectivity index (χ4v) is 2.03. The Morgan fingerprint density at radius 1 is 0.625 bits per heavy atom. The van der Waals surface area contributed by atoms with E-state index < -0.39 is 0 Å². The van der Waals surface area contributed by atoms with Gasteiger partial charge in [0.1, 0.15) is 0 Å². The Morgan fingerprint density at radius 3 is 1.38 bits per heavy atom. The van der Waals surface area contributed by atoms with Gasteiger partial charge in [-0.25, -0.2) is 0 Å². The summed E-state index contributed by atoms with van der Waals surface area (Å²) in [6.07, 6.45) is 19.3. The second-order valence-electron chi connectivity index (χ2n) is 4.77. The highest BCUT2D eigenvalue weighted by Crippen LogP contribution is 2.12. The molecular weight excluding hydrogens is 192 g/mol. The van der Waals surface area contributed by atoms with Gasteiger partial charge in [-0.3, -0.25) is 0 Å². The fraction of sp³-hybridized carbons (Fsp3) is 0.812. The highest BCUT2D eigenvalue weighted by molar-refractivity contribution is 4.61. The predicted octanol–water partition coefficient (Wildman–Crippen LogP) is 5.88. The topological polar surface area (TPSA) is 0 Å². The van der Waals surface area contributed by atoms with E-state index in [2.05, 4.69) is 6.92 Å². The van der Waals surface area contributed by atoms with Gasteiger partial charge in [0, 0.05) is 0 Å². The van der Waals surface area contributed by atoms with Gasteiger partial charge in [-0.2, -0.15) is 0 Å². The van der Waals surface area contributed by atoms with Crippen LogP contribution in [0.25, 0.3) is 0 Å². The van der Waals surface area contributed by atoms with Gasteiger partial charge in [-0.05, 0) is 12.8 Å². The normalized spacial score (nSPS) is 10.6. The minimum Gasteiger partial charge on any atom is -0.0845 e. The van der Waals surface area contributed by atoms with Gasteiger partial charge in [-0.15, -0.1) is 0 Å². The highest BCUT2D eigenvalue weighted by atomic mass is 14.0. The van der Waals surface area contributed by atoms with Crippen LogP contribution in [0.3, 0.4) is 0 Å². The first-order chi connectivity index (χ1) is 7.91. The third-order valence-electron chi connectivity index (χ3n) is 3.12. The van der Waals surface area contributed by atoms with Crippen LogP contribution in [0.5, 0.6) is 0 Å². The smallest absolute Gasteiger partial charge is 0.0348 e. The number of allylic oxidation sites excluding steroid dienone is 1. The number of hydrogen-bond donors (Lipinski definition) is 0. The Hall–Kier alpha value is -0.260. The monoisotopic (exact) mass is 222 g/mol. The molecule has 0 aliphatic heterocycles. The molecule has 0 saturated heterocycles. The van der Waals surface area contributed by atoms with E-state index in [0.717, 1.165) is 12.8 Å². The Morgan fingerprint density at radius 2 is 1.00 bits per heavy atom. The van der Waals surface area contributed by atoms with Gasteiger partial charge >= 0.3 is 0 Å². The molecule has 0 aliphatic rings. The summed E-state index contributed by atoms with van der Waals surface area (Å²) in [5.74, 6) is 0.